The van der Waals surface area contributed by atoms with Crippen LogP contribution >= 0.6 is 11.8 Å². The average Bonchev–Trinajstić information content (AvgIpc) is 2.36. The van der Waals surface area contributed by atoms with E-state index in [1.165, 1.54) is 6.07 Å². The van der Waals surface area contributed by atoms with Gasteiger partial charge in [0.15, 0.2) is 11.5 Å². The summed E-state index contributed by atoms with van der Waals surface area (Å²) < 4.78 is 0. The highest BCUT2D eigenvalue weighted by atomic mass is 32.2. The molecule has 0 aliphatic carbocycles. The molecule has 0 fully saturated rings. The van der Waals surface area contributed by atoms with Gasteiger partial charge in [0, 0.05) is 4.90 Å². The van der Waals surface area contributed by atoms with Crippen molar-refractivity contribution < 1.29 is 25.2 Å². The van der Waals surface area contributed by atoms with Crippen LogP contribution in [-0.2, 0) is 0 Å². The Morgan fingerprint density at radius 1 is 0.895 bits per heavy atom. The molecule has 2 aromatic rings. The number of rotatable bonds is 3. The lowest BCUT2D eigenvalue weighted by Crippen LogP contribution is -1.98. The monoisotopic (exact) mass is 278 g/mol. The normalized spacial score (nSPS) is 10.3. The number of aromatic hydroxyl groups is 3. The van der Waals surface area contributed by atoms with Crippen LogP contribution in [0.15, 0.2) is 46.2 Å². The van der Waals surface area contributed by atoms with E-state index in [0.717, 1.165) is 23.9 Å². The molecule has 0 saturated heterocycles. The molecule has 0 unspecified atom stereocenters. The SMILES string of the molecule is O=C(O)c1cc(O)c(O)cc1Sc1ccccc1O. The molecule has 0 saturated carbocycles. The van der Waals surface area contributed by atoms with Crippen molar-refractivity contribution in [3.05, 3.63) is 42.0 Å². The fourth-order valence-corrected chi connectivity index (χ4v) is 2.45. The molecule has 6 heteroatoms. The summed E-state index contributed by atoms with van der Waals surface area (Å²) >= 11 is 0.990. The first kappa shape index (κ1) is 13.1. The van der Waals surface area contributed by atoms with Gasteiger partial charge in [-0.1, -0.05) is 23.9 Å². The Morgan fingerprint density at radius 2 is 1.53 bits per heavy atom. The van der Waals surface area contributed by atoms with E-state index in [4.69, 9.17) is 5.11 Å². The Labute approximate surface area is 112 Å². The number of hydrogen-bond donors (Lipinski definition) is 4. The zero-order valence-electron chi connectivity index (χ0n) is 9.57. The van der Waals surface area contributed by atoms with Crippen molar-refractivity contribution in [1.82, 2.24) is 0 Å². The Balaban J connectivity index is 2.48. The number of carbonyl (C=O) groups is 1. The highest BCUT2D eigenvalue weighted by molar-refractivity contribution is 7.99. The number of aromatic carboxylic acids is 1. The first-order valence-electron chi connectivity index (χ1n) is 5.24. The van der Waals surface area contributed by atoms with Crippen molar-refractivity contribution in [1.29, 1.82) is 0 Å². The van der Waals surface area contributed by atoms with Gasteiger partial charge in [-0.25, -0.2) is 4.79 Å². The molecule has 0 spiro atoms. The van der Waals surface area contributed by atoms with E-state index in [1.807, 2.05) is 0 Å². The van der Waals surface area contributed by atoms with Gasteiger partial charge in [-0.2, -0.15) is 0 Å². The summed E-state index contributed by atoms with van der Waals surface area (Å²) in [4.78, 5) is 11.8. The molecule has 0 amide bonds. The molecule has 0 aliphatic rings. The molecule has 0 radical (unpaired) electrons. The van der Waals surface area contributed by atoms with Crippen molar-refractivity contribution in [2.45, 2.75) is 9.79 Å². The van der Waals surface area contributed by atoms with Gasteiger partial charge in [-0.3, -0.25) is 0 Å². The first-order chi connectivity index (χ1) is 8.99. The fourth-order valence-electron chi connectivity index (χ4n) is 1.47. The maximum absolute atomic E-state index is 11.1. The molecule has 2 rings (SSSR count). The minimum atomic E-state index is -1.23. The number of benzene rings is 2. The van der Waals surface area contributed by atoms with Crippen LogP contribution in [0.4, 0.5) is 0 Å². The van der Waals surface area contributed by atoms with E-state index in [-0.39, 0.29) is 16.2 Å². The topological polar surface area (TPSA) is 98.0 Å². The number of phenols is 3. The van der Waals surface area contributed by atoms with Crippen LogP contribution in [0.1, 0.15) is 10.4 Å². The maximum Gasteiger partial charge on any atom is 0.336 e. The fraction of sp³-hybridized carbons (Fsp3) is 0. The van der Waals surface area contributed by atoms with Crippen LogP contribution in [0.2, 0.25) is 0 Å². The minimum Gasteiger partial charge on any atom is -0.507 e. The highest BCUT2D eigenvalue weighted by Crippen LogP contribution is 2.40. The molecule has 0 aliphatic heterocycles. The number of hydrogen-bond acceptors (Lipinski definition) is 5. The van der Waals surface area contributed by atoms with Crippen molar-refractivity contribution in [3.8, 4) is 17.2 Å². The van der Waals surface area contributed by atoms with Crippen LogP contribution in [0.3, 0.4) is 0 Å². The lowest BCUT2D eigenvalue weighted by Gasteiger charge is -2.09. The lowest BCUT2D eigenvalue weighted by atomic mass is 10.2. The Kier molecular flexibility index (Phi) is 3.52. The van der Waals surface area contributed by atoms with Gasteiger partial charge < -0.3 is 20.4 Å². The van der Waals surface area contributed by atoms with Crippen LogP contribution in [0.25, 0.3) is 0 Å². The van der Waals surface area contributed by atoms with E-state index in [0.29, 0.717) is 4.90 Å². The van der Waals surface area contributed by atoms with Gasteiger partial charge in [0.05, 0.1) is 10.5 Å². The zero-order chi connectivity index (χ0) is 14.0. The molecule has 2 aromatic carbocycles. The molecule has 4 N–H and O–H groups in total. The van der Waals surface area contributed by atoms with E-state index >= 15 is 0 Å². The van der Waals surface area contributed by atoms with Gasteiger partial charge in [0.1, 0.15) is 5.75 Å². The summed E-state index contributed by atoms with van der Waals surface area (Å²) in [5.41, 5.74) is -0.149. The molecule has 0 atom stereocenters. The smallest absolute Gasteiger partial charge is 0.336 e. The first-order valence-corrected chi connectivity index (χ1v) is 6.06. The predicted octanol–water partition coefficient (Wildman–Crippen LogP) is 2.65. The largest absolute Gasteiger partial charge is 0.507 e. The third-order valence-corrected chi connectivity index (χ3v) is 3.52. The second-order valence-electron chi connectivity index (χ2n) is 3.71. The van der Waals surface area contributed by atoms with Crippen LogP contribution < -0.4 is 0 Å². The van der Waals surface area contributed by atoms with Gasteiger partial charge in [-0.15, -0.1) is 0 Å². The maximum atomic E-state index is 11.1. The molecule has 98 valence electrons. The number of phenolic OH excluding ortho intramolecular Hbond substituents is 3. The second-order valence-corrected chi connectivity index (χ2v) is 4.80. The molecular formula is C13H10O5S. The molecule has 19 heavy (non-hydrogen) atoms. The van der Waals surface area contributed by atoms with Crippen LogP contribution in [0, 0.1) is 0 Å². The van der Waals surface area contributed by atoms with Crippen molar-refractivity contribution in [2.75, 3.05) is 0 Å². The highest BCUT2D eigenvalue weighted by Gasteiger charge is 2.16. The Bertz CT molecular complexity index is 639. The van der Waals surface area contributed by atoms with Crippen LogP contribution in [0.5, 0.6) is 17.2 Å². The number of carboxylic acids is 1. The minimum absolute atomic E-state index is 0.0106. The molecule has 5 nitrogen and oxygen atoms in total. The van der Waals surface area contributed by atoms with E-state index in [2.05, 4.69) is 0 Å². The third-order valence-electron chi connectivity index (χ3n) is 2.39. The molecule has 0 aromatic heterocycles. The predicted molar refractivity (Wildman–Crippen MR) is 69.0 cm³/mol. The summed E-state index contributed by atoms with van der Waals surface area (Å²) in [6.45, 7) is 0. The summed E-state index contributed by atoms with van der Waals surface area (Å²) in [6, 6.07) is 8.56. The van der Waals surface area contributed by atoms with Crippen molar-refractivity contribution in [2.24, 2.45) is 0 Å². The second kappa shape index (κ2) is 5.11. The van der Waals surface area contributed by atoms with Crippen LogP contribution in [-0.4, -0.2) is 26.4 Å². The standard InChI is InChI=1S/C13H10O5S/c14-8-3-1-2-4-11(8)19-12-6-10(16)9(15)5-7(12)13(17)18/h1-6,14-16H,(H,17,18). The summed E-state index contributed by atoms with van der Waals surface area (Å²) in [5, 5.41) is 37.5. The summed E-state index contributed by atoms with van der Waals surface area (Å²) in [7, 11) is 0. The molecular weight excluding hydrogens is 268 g/mol. The van der Waals surface area contributed by atoms with Crippen molar-refractivity contribution in [3.63, 3.8) is 0 Å². The van der Waals surface area contributed by atoms with E-state index in [9.17, 15) is 20.1 Å². The van der Waals surface area contributed by atoms with Gasteiger partial charge in [0.2, 0.25) is 0 Å². The van der Waals surface area contributed by atoms with Gasteiger partial charge in [-0.05, 0) is 24.3 Å². The van der Waals surface area contributed by atoms with E-state index in [1.54, 1.807) is 18.2 Å². The Hall–Kier alpha value is -2.34. The van der Waals surface area contributed by atoms with Gasteiger partial charge >= 0.3 is 5.97 Å². The zero-order valence-corrected chi connectivity index (χ0v) is 10.4. The third kappa shape index (κ3) is 2.74. The lowest BCUT2D eigenvalue weighted by molar-refractivity contribution is 0.0692. The Morgan fingerprint density at radius 3 is 2.16 bits per heavy atom. The van der Waals surface area contributed by atoms with Gasteiger partial charge in [0.25, 0.3) is 0 Å². The molecule has 0 heterocycles. The number of carboxylic acid groups (broad SMARTS) is 1. The summed E-state index contributed by atoms with van der Waals surface area (Å²) in [6.07, 6.45) is 0. The van der Waals surface area contributed by atoms with E-state index < -0.39 is 17.5 Å². The average molecular weight is 278 g/mol. The summed E-state index contributed by atoms with van der Waals surface area (Å²) in [5.74, 6) is -2.13. The number of para-hydroxylation sites is 1. The molecule has 0 bridgehead atoms. The quantitative estimate of drug-likeness (QED) is 0.644. The van der Waals surface area contributed by atoms with Crippen molar-refractivity contribution >= 4 is 17.7 Å².